The van der Waals surface area contributed by atoms with Gasteiger partial charge in [-0.2, -0.15) is 12.7 Å². The third-order valence-electron chi connectivity index (χ3n) is 5.24. The number of H-pyrrole nitrogens is 1. The molecule has 1 aliphatic carbocycles. The van der Waals surface area contributed by atoms with Gasteiger partial charge in [0.25, 0.3) is 5.91 Å². The molecule has 4 rings (SSSR count). The quantitative estimate of drug-likeness (QED) is 0.881. The van der Waals surface area contributed by atoms with Gasteiger partial charge in [0.05, 0.1) is 0 Å². The third-order valence-corrected chi connectivity index (χ3v) is 6.73. The lowest BCUT2D eigenvalue weighted by molar-refractivity contribution is 0.0978. The minimum atomic E-state index is -3.76. The van der Waals surface area contributed by atoms with Crippen LogP contribution in [0.25, 0.3) is 10.9 Å². The Labute approximate surface area is 147 Å². The number of amides is 1. The Morgan fingerprint density at radius 1 is 1.04 bits per heavy atom. The molecule has 1 aromatic heterocycles. The molecule has 2 aromatic rings. The van der Waals surface area contributed by atoms with Crippen molar-refractivity contribution in [2.45, 2.75) is 44.9 Å². The van der Waals surface area contributed by atoms with E-state index in [0.29, 0.717) is 18.7 Å². The number of hydrogen-bond donors (Lipinski definition) is 2. The van der Waals surface area contributed by atoms with Gasteiger partial charge in [0.1, 0.15) is 0 Å². The van der Waals surface area contributed by atoms with E-state index in [4.69, 9.17) is 0 Å². The zero-order chi connectivity index (χ0) is 17.4. The number of aromatic amines is 1. The molecule has 6 nitrogen and oxygen atoms in total. The largest absolute Gasteiger partial charge is 0.358 e. The van der Waals surface area contributed by atoms with Crippen LogP contribution in [0.15, 0.2) is 18.2 Å². The van der Waals surface area contributed by atoms with Gasteiger partial charge in [0.2, 0.25) is 0 Å². The highest BCUT2D eigenvalue weighted by molar-refractivity contribution is 7.87. The Morgan fingerprint density at radius 3 is 2.60 bits per heavy atom. The van der Waals surface area contributed by atoms with Crippen molar-refractivity contribution in [2.75, 3.05) is 13.1 Å². The molecule has 1 saturated heterocycles. The summed E-state index contributed by atoms with van der Waals surface area (Å²) < 4.78 is 28.4. The summed E-state index contributed by atoms with van der Waals surface area (Å²) in [6.45, 7) is 0.958. The number of piperidine rings is 1. The van der Waals surface area contributed by atoms with Crippen LogP contribution in [0.1, 0.15) is 53.7 Å². The van der Waals surface area contributed by atoms with Gasteiger partial charge in [0, 0.05) is 35.2 Å². The number of carbonyl (C=O) groups excluding carboxylic acids is 1. The van der Waals surface area contributed by atoms with E-state index < -0.39 is 16.1 Å². The Kier molecular flexibility index (Phi) is 4.29. The fourth-order valence-electron chi connectivity index (χ4n) is 3.89. The summed E-state index contributed by atoms with van der Waals surface area (Å²) in [5, 5.41) is 1.04. The van der Waals surface area contributed by atoms with Gasteiger partial charge in [-0.15, -0.1) is 0 Å². The van der Waals surface area contributed by atoms with Crippen LogP contribution in [0, 0.1) is 0 Å². The Balaban J connectivity index is 1.59. The molecule has 7 heteroatoms. The maximum Gasteiger partial charge on any atom is 0.304 e. The molecule has 2 aliphatic rings. The minimum absolute atomic E-state index is 0.389. The molecule has 0 atom stereocenters. The smallest absolute Gasteiger partial charge is 0.304 e. The van der Waals surface area contributed by atoms with Crippen molar-refractivity contribution in [3.8, 4) is 0 Å². The maximum absolute atomic E-state index is 12.5. The number of aryl methyl sites for hydroxylation is 2. The molecular weight excluding hydrogens is 338 g/mol. The second kappa shape index (κ2) is 6.46. The van der Waals surface area contributed by atoms with Crippen LogP contribution in [-0.2, 0) is 23.1 Å². The average Bonchev–Trinajstić information content (AvgIpc) is 3.00. The molecule has 134 valence electrons. The maximum atomic E-state index is 12.5. The Bertz CT molecular complexity index is 911. The normalized spacial score (nSPS) is 18.9. The van der Waals surface area contributed by atoms with Gasteiger partial charge < -0.3 is 4.98 Å². The molecular formula is C18H23N3O3S. The molecule has 0 saturated carbocycles. The van der Waals surface area contributed by atoms with Crippen molar-refractivity contribution in [2.24, 2.45) is 0 Å². The topological polar surface area (TPSA) is 82.3 Å². The summed E-state index contributed by atoms with van der Waals surface area (Å²) in [6, 6.07) is 5.37. The predicted octanol–water partition coefficient (Wildman–Crippen LogP) is 2.51. The van der Waals surface area contributed by atoms with E-state index in [0.717, 1.165) is 49.4 Å². The SMILES string of the molecule is O=C(NS(=O)(=O)N1CCCCC1)c1ccc2[nH]c3c(c2c1)CCCC3. The van der Waals surface area contributed by atoms with Crippen molar-refractivity contribution in [1.29, 1.82) is 0 Å². The molecule has 1 aromatic carbocycles. The number of nitrogens with one attached hydrogen (secondary N) is 2. The summed E-state index contributed by atoms with van der Waals surface area (Å²) in [5.41, 5.74) is 3.93. The highest BCUT2D eigenvalue weighted by Gasteiger charge is 2.26. The van der Waals surface area contributed by atoms with Crippen molar-refractivity contribution in [3.63, 3.8) is 0 Å². The zero-order valence-corrected chi connectivity index (χ0v) is 15.0. The summed E-state index contributed by atoms with van der Waals surface area (Å²) in [5.74, 6) is -0.557. The Hall–Kier alpha value is -1.86. The van der Waals surface area contributed by atoms with Crippen LogP contribution < -0.4 is 4.72 Å². The van der Waals surface area contributed by atoms with Crippen LogP contribution in [0.2, 0.25) is 0 Å². The first kappa shape index (κ1) is 16.6. The lowest BCUT2D eigenvalue weighted by Gasteiger charge is -2.25. The predicted molar refractivity (Wildman–Crippen MR) is 96.8 cm³/mol. The zero-order valence-electron chi connectivity index (χ0n) is 14.2. The summed E-state index contributed by atoms with van der Waals surface area (Å²) in [4.78, 5) is 15.9. The molecule has 1 fully saturated rings. The highest BCUT2D eigenvalue weighted by atomic mass is 32.2. The van der Waals surface area contributed by atoms with Crippen LogP contribution >= 0.6 is 0 Å². The standard InChI is InChI=1S/C18H23N3O3S/c22-18(20-25(23,24)21-10-4-1-5-11-21)13-8-9-17-15(12-13)14-6-2-3-7-16(14)19-17/h8-9,12,19H,1-7,10-11H2,(H,20,22). The van der Waals surface area contributed by atoms with Gasteiger partial charge in [-0.1, -0.05) is 6.42 Å². The molecule has 1 amide bonds. The van der Waals surface area contributed by atoms with Crippen LogP contribution in [0.3, 0.4) is 0 Å². The van der Waals surface area contributed by atoms with Gasteiger partial charge in [-0.25, -0.2) is 4.72 Å². The molecule has 0 bridgehead atoms. The summed E-state index contributed by atoms with van der Waals surface area (Å²) in [7, 11) is -3.76. The van der Waals surface area contributed by atoms with Crippen LogP contribution in [-0.4, -0.2) is 36.7 Å². The van der Waals surface area contributed by atoms with E-state index in [1.807, 2.05) is 12.1 Å². The monoisotopic (exact) mass is 361 g/mol. The van der Waals surface area contributed by atoms with Crippen molar-refractivity contribution >= 4 is 27.0 Å². The van der Waals surface area contributed by atoms with Gasteiger partial charge >= 0.3 is 10.2 Å². The fraction of sp³-hybridized carbons (Fsp3) is 0.500. The number of aromatic nitrogens is 1. The summed E-state index contributed by atoms with van der Waals surface area (Å²) in [6.07, 6.45) is 7.10. The van der Waals surface area contributed by atoms with E-state index in [9.17, 15) is 13.2 Å². The van der Waals surface area contributed by atoms with Gasteiger partial charge in [-0.3, -0.25) is 4.79 Å². The van der Waals surface area contributed by atoms with Crippen molar-refractivity contribution in [3.05, 3.63) is 35.0 Å². The van der Waals surface area contributed by atoms with Crippen LogP contribution in [0.5, 0.6) is 0 Å². The molecule has 2 heterocycles. The molecule has 0 spiro atoms. The minimum Gasteiger partial charge on any atom is -0.358 e. The lowest BCUT2D eigenvalue weighted by Crippen LogP contribution is -2.45. The lowest BCUT2D eigenvalue weighted by atomic mass is 9.95. The molecule has 0 radical (unpaired) electrons. The first-order chi connectivity index (χ1) is 12.0. The highest BCUT2D eigenvalue weighted by Crippen LogP contribution is 2.29. The first-order valence-corrected chi connectivity index (χ1v) is 10.4. The van der Waals surface area contributed by atoms with E-state index >= 15 is 0 Å². The van der Waals surface area contributed by atoms with E-state index in [1.54, 1.807) is 6.07 Å². The third kappa shape index (κ3) is 3.18. The van der Waals surface area contributed by atoms with Gasteiger partial charge in [0.15, 0.2) is 0 Å². The molecule has 25 heavy (non-hydrogen) atoms. The molecule has 0 unspecified atom stereocenters. The number of rotatable bonds is 3. The number of fused-ring (bicyclic) bond motifs is 3. The fourth-order valence-corrected chi connectivity index (χ4v) is 5.11. The Morgan fingerprint density at radius 2 is 1.80 bits per heavy atom. The van der Waals surface area contributed by atoms with Crippen LogP contribution in [0.4, 0.5) is 0 Å². The van der Waals surface area contributed by atoms with E-state index in [-0.39, 0.29) is 0 Å². The second-order valence-corrected chi connectivity index (χ2v) is 8.62. The first-order valence-electron chi connectivity index (χ1n) is 9.00. The average molecular weight is 361 g/mol. The van der Waals surface area contributed by atoms with Gasteiger partial charge in [-0.05, 0) is 62.3 Å². The van der Waals surface area contributed by atoms with Crippen molar-refractivity contribution < 1.29 is 13.2 Å². The van der Waals surface area contributed by atoms with E-state index in [2.05, 4.69) is 9.71 Å². The number of carbonyl (C=O) groups is 1. The summed E-state index contributed by atoms with van der Waals surface area (Å²) >= 11 is 0. The molecule has 2 N–H and O–H groups in total. The number of benzene rings is 1. The number of hydrogen-bond acceptors (Lipinski definition) is 3. The molecule has 1 aliphatic heterocycles. The van der Waals surface area contributed by atoms with E-state index in [1.165, 1.54) is 22.0 Å². The second-order valence-electron chi connectivity index (χ2n) is 6.95. The number of nitrogens with zero attached hydrogens (tertiary/aromatic N) is 1. The van der Waals surface area contributed by atoms with Crippen molar-refractivity contribution in [1.82, 2.24) is 14.0 Å².